The monoisotopic (exact) mass is 408 g/mol. The lowest BCUT2D eigenvalue weighted by molar-refractivity contribution is -0.121. The van der Waals surface area contributed by atoms with Crippen LogP contribution in [0.4, 0.5) is 5.69 Å². The molecule has 0 aliphatic carbocycles. The van der Waals surface area contributed by atoms with E-state index in [0.29, 0.717) is 10.7 Å². The SMILES string of the molecule is Cc1ccc(S(=O)(=O)N(CC(=O)NC(C)(C)C)c2ccc(C)c(Cl)c2)cc1. The zero-order valence-electron chi connectivity index (χ0n) is 16.2. The van der Waals surface area contributed by atoms with Crippen LogP contribution in [0.2, 0.25) is 5.02 Å². The van der Waals surface area contributed by atoms with E-state index in [0.717, 1.165) is 15.4 Å². The lowest BCUT2D eigenvalue weighted by Gasteiger charge is -2.27. The Labute approximate surface area is 166 Å². The summed E-state index contributed by atoms with van der Waals surface area (Å²) >= 11 is 6.20. The first-order valence-electron chi connectivity index (χ1n) is 8.57. The fourth-order valence-electron chi connectivity index (χ4n) is 2.48. The van der Waals surface area contributed by atoms with Crippen LogP contribution in [-0.2, 0) is 14.8 Å². The Morgan fingerprint density at radius 1 is 1.07 bits per heavy atom. The van der Waals surface area contributed by atoms with Crippen molar-refractivity contribution >= 4 is 33.2 Å². The largest absolute Gasteiger partial charge is 0.350 e. The molecule has 0 fully saturated rings. The fraction of sp³-hybridized carbons (Fsp3) is 0.350. The van der Waals surface area contributed by atoms with Crippen molar-refractivity contribution in [3.63, 3.8) is 0 Å². The van der Waals surface area contributed by atoms with E-state index in [1.807, 2.05) is 34.6 Å². The van der Waals surface area contributed by atoms with Gasteiger partial charge in [-0.1, -0.05) is 35.4 Å². The normalized spacial score (nSPS) is 11.9. The lowest BCUT2D eigenvalue weighted by Crippen LogP contribution is -2.47. The zero-order chi connectivity index (χ0) is 20.4. The Bertz CT molecular complexity index is 933. The Morgan fingerprint density at radius 2 is 1.67 bits per heavy atom. The molecule has 0 bridgehead atoms. The first kappa shape index (κ1) is 21.3. The molecule has 2 rings (SSSR count). The molecule has 0 radical (unpaired) electrons. The van der Waals surface area contributed by atoms with Gasteiger partial charge < -0.3 is 5.32 Å². The second-order valence-corrected chi connectivity index (χ2v) is 9.83. The summed E-state index contributed by atoms with van der Waals surface area (Å²) in [6, 6.07) is 11.5. The van der Waals surface area contributed by atoms with E-state index in [9.17, 15) is 13.2 Å². The van der Waals surface area contributed by atoms with E-state index in [4.69, 9.17) is 11.6 Å². The highest BCUT2D eigenvalue weighted by Crippen LogP contribution is 2.28. The Hall–Kier alpha value is -2.05. The fourth-order valence-corrected chi connectivity index (χ4v) is 4.07. The van der Waals surface area contributed by atoms with Gasteiger partial charge in [0.15, 0.2) is 0 Å². The molecule has 0 aliphatic heterocycles. The van der Waals surface area contributed by atoms with E-state index < -0.39 is 21.5 Å². The lowest BCUT2D eigenvalue weighted by atomic mass is 10.1. The number of carbonyl (C=O) groups excluding carboxylic acids is 1. The molecule has 146 valence electrons. The number of carbonyl (C=O) groups is 1. The van der Waals surface area contributed by atoms with Crippen LogP contribution in [0.15, 0.2) is 47.4 Å². The van der Waals surface area contributed by atoms with Crippen LogP contribution in [0.1, 0.15) is 31.9 Å². The van der Waals surface area contributed by atoms with Gasteiger partial charge in [0.05, 0.1) is 10.6 Å². The summed E-state index contributed by atoms with van der Waals surface area (Å²) in [7, 11) is -3.94. The third kappa shape index (κ3) is 5.47. The highest BCUT2D eigenvalue weighted by atomic mass is 35.5. The van der Waals surface area contributed by atoms with E-state index in [-0.39, 0.29) is 11.4 Å². The highest BCUT2D eigenvalue weighted by Gasteiger charge is 2.28. The summed E-state index contributed by atoms with van der Waals surface area (Å²) in [5.41, 5.74) is 1.65. The summed E-state index contributed by atoms with van der Waals surface area (Å²) in [6.45, 7) is 8.89. The van der Waals surface area contributed by atoms with Gasteiger partial charge >= 0.3 is 0 Å². The second kappa shape index (κ2) is 7.90. The zero-order valence-corrected chi connectivity index (χ0v) is 17.8. The van der Waals surface area contributed by atoms with Gasteiger partial charge in [-0.25, -0.2) is 8.42 Å². The van der Waals surface area contributed by atoms with Gasteiger partial charge in [0, 0.05) is 10.6 Å². The summed E-state index contributed by atoms with van der Waals surface area (Å²) in [6.07, 6.45) is 0. The molecular weight excluding hydrogens is 384 g/mol. The van der Waals surface area contributed by atoms with Crippen LogP contribution in [0, 0.1) is 13.8 Å². The van der Waals surface area contributed by atoms with Crippen LogP contribution in [0.3, 0.4) is 0 Å². The number of rotatable bonds is 5. The number of amides is 1. The molecule has 2 aromatic carbocycles. The summed E-state index contributed by atoms with van der Waals surface area (Å²) in [4.78, 5) is 12.6. The predicted molar refractivity (Wildman–Crippen MR) is 110 cm³/mol. The molecule has 0 unspecified atom stereocenters. The minimum atomic E-state index is -3.94. The van der Waals surface area contributed by atoms with Crippen LogP contribution in [0.5, 0.6) is 0 Å². The highest BCUT2D eigenvalue weighted by molar-refractivity contribution is 7.92. The van der Waals surface area contributed by atoms with Crippen molar-refractivity contribution in [1.29, 1.82) is 0 Å². The molecule has 7 heteroatoms. The minimum Gasteiger partial charge on any atom is -0.350 e. The van der Waals surface area contributed by atoms with Gasteiger partial charge in [0.25, 0.3) is 10.0 Å². The molecule has 1 N–H and O–H groups in total. The summed E-state index contributed by atoms with van der Waals surface area (Å²) in [5.74, 6) is -0.394. The maximum Gasteiger partial charge on any atom is 0.264 e. The molecule has 0 spiro atoms. The maximum atomic E-state index is 13.2. The third-order valence-electron chi connectivity index (χ3n) is 3.85. The number of hydrogen-bond acceptors (Lipinski definition) is 3. The maximum absolute atomic E-state index is 13.2. The number of nitrogens with one attached hydrogen (secondary N) is 1. The number of hydrogen-bond donors (Lipinski definition) is 1. The van der Waals surface area contributed by atoms with Crippen LogP contribution >= 0.6 is 11.6 Å². The van der Waals surface area contributed by atoms with E-state index in [1.54, 1.807) is 30.3 Å². The average Bonchev–Trinajstić information content (AvgIpc) is 2.54. The van der Waals surface area contributed by atoms with Crippen LogP contribution in [-0.4, -0.2) is 26.4 Å². The molecule has 27 heavy (non-hydrogen) atoms. The molecule has 2 aromatic rings. The van der Waals surface area contributed by atoms with E-state index in [2.05, 4.69) is 5.32 Å². The van der Waals surface area contributed by atoms with Crippen LogP contribution < -0.4 is 9.62 Å². The minimum absolute atomic E-state index is 0.119. The second-order valence-electron chi connectivity index (χ2n) is 7.56. The van der Waals surface area contributed by atoms with Crippen molar-refractivity contribution in [3.05, 3.63) is 58.6 Å². The van der Waals surface area contributed by atoms with Gasteiger partial charge in [-0.3, -0.25) is 9.10 Å². The number of sulfonamides is 1. The van der Waals surface area contributed by atoms with Gasteiger partial charge in [-0.2, -0.15) is 0 Å². The summed E-state index contributed by atoms with van der Waals surface area (Å²) in [5, 5.41) is 3.24. The van der Waals surface area contributed by atoms with Crippen molar-refractivity contribution in [3.8, 4) is 0 Å². The number of aryl methyl sites for hydroxylation is 2. The first-order chi connectivity index (χ1) is 12.4. The van der Waals surface area contributed by atoms with Gasteiger partial charge in [-0.15, -0.1) is 0 Å². The Kier molecular flexibility index (Phi) is 6.22. The number of nitrogens with zero attached hydrogens (tertiary/aromatic N) is 1. The van der Waals surface area contributed by atoms with Crippen molar-refractivity contribution < 1.29 is 13.2 Å². The summed E-state index contributed by atoms with van der Waals surface area (Å²) < 4.78 is 27.6. The quantitative estimate of drug-likeness (QED) is 0.810. The van der Waals surface area contributed by atoms with Crippen molar-refractivity contribution in [2.75, 3.05) is 10.8 Å². The molecule has 0 aromatic heterocycles. The van der Waals surface area contributed by atoms with E-state index >= 15 is 0 Å². The molecule has 1 amide bonds. The van der Waals surface area contributed by atoms with Gasteiger partial charge in [0.2, 0.25) is 5.91 Å². The number of halogens is 1. The molecule has 0 atom stereocenters. The molecule has 0 heterocycles. The molecule has 0 saturated carbocycles. The van der Waals surface area contributed by atoms with Gasteiger partial charge in [0.1, 0.15) is 6.54 Å². The molecule has 5 nitrogen and oxygen atoms in total. The first-order valence-corrected chi connectivity index (χ1v) is 10.4. The van der Waals surface area contributed by atoms with Crippen LogP contribution in [0.25, 0.3) is 0 Å². The van der Waals surface area contributed by atoms with Crippen molar-refractivity contribution in [1.82, 2.24) is 5.32 Å². The van der Waals surface area contributed by atoms with Crippen molar-refractivity contribution in [2.24, 2.45) is 0 Å². The van der Waals surface area contributed by atoms with Gasteiger partial charge in [-0.05, 0) is 64.4 Å². The Balaban J connectivity index is 2.49. The number of anilines is 1. The van der Waals surface area contributed by atoms with Crippen molar-refractivity contribution in [2.45, 2.75) is 45.1 Å². The topological polar surface area (TPSA) is 66.5 Å². The Morgan fingerprint density at radius 3 is 2.19 bits per heavy atom. The third-order valence-corrected chi connectivity index (χ3v) is 6.05. The standard InChI is InChI=1S/C20H25ClN2O3S/c1-14-6-10-17(11-7-14)27(25,26)23(13-19(24)22-20(3,4)5)16-9-8-15(2)18(21)12-16/h6-12H,13H2,1-5H3,(H,22,24). The number of benzene rings is 2. The molecular formula is C20H25ClN2O3S. The molecule has 0 saturated heterocycles. The average molecular weight is 409 g/mol. The molecule has 0 aliphatic rings. The predicted octanol–water partition coefficient (Wildman–Crippen LogP) is 4.07. The smallest absolute Gasteiger partial charge is 0.264 e. The van der Waals surface area contributed by atoms with E-state index in [1.165, 1.54) is 12.1 Å².